The van der Waals surface area contributed by atoms with Crippen molar-refractivity contribution >= 4 is 33.2 Å². The van der Waals surface area contributed by atoms with E-state index in [1.807, 2.05) is 54.8 Å². The molecule has 106 valence electrons. The van der Waals surface area contributed by atoms with Crippen molar-refractivity contribution in [1.82, 2.24) is 9.38 Å². The van der Waals surface area contributed by atoms with Crippen LogP contribution < -0.4 is 5.32 Å². The van der Waals surface area contributed by atoms with Crippen LogP contribution in [0.15, 0.2) is 47.1 Å². The lowest BCUT2D eigenvalue weighted by atomic mass is 10.2. The van der Waals surface area contributed by atoms with Gasteiger partial charge in [-0.3, -0.25) is 4.79 Å². The highest BCUT2D eigenvalue weighted by atomic mass is 79.9. The van der Waals surface area contributed by atoms with Crippen molar-refractivity contribution in [1.29, 1.82) is 0 Å². The third-order valence-electron chi connectivity index (χ3n) is 3.49. The number of amides is 1. The summed E-state index contributed by atoms with van der Waals surface area (Å²) in [6, 6.07) is 11.1. The summed E-state index contributed by atoms with van der Waals surface area (Å²) in [7, 11) is 0. The van der Waals surface area contributed by atoms with Crippen molar-refractivity contribution in [2.24, 2.45) is 0 Å². The molecule has 0 saturated carbocycles. The molecule has 0 radical (unpaired) electrons. The average molecular weight is 344 g/mol. The number of hydrogen-bond acceptors (Lipinski definition) is 2. The second-order valence-electron chi connectivity index (χ2n) is 4.83. The van der Waals surface area contributed by atoms with E-state index in [0.29, 0.717) is 11.3 Å². The van der Waals surface area contributed by atoms with Gasteiger partial charge in [-0.25, -0.2) is 4.98 Å². The van der Waals surface area contributed by atoms with E-state index in [-0.39, 0.29) is 5.91 Å². The zero-order chi connectivity index (χ0) is 15.0. The van der Waals surface area contributed by atoms with Crippen LogP contribution in [0, 0.1) is 13.8 Å². The number of imidazole rings is 1. The van der Waals surface area contributed by atoms with Gasteiger partial charge in [0.05, 0.1) is 16.9 Å². The number of aryl methyl sites for hydroxylation is 2. The molecule has 1 N–H and O–H groups in total. The maximum atomic E-state index is 12.4. The monoisotopic (exact) mass is 343 g/mol. The normalized spacial score (nSPS) is 10.8. The van der Waals surface area contributed by atoms with E-state index < -0.39 is 0 Å². The van der Waals surface area contributed by atoms with Crippen LogP contribution in [0.2, 0.25) is 0 Å². The first-order valence-electron chi connectivity index (χ1n) is 6.58. The fourth-order valence-corrected chi connectivity index (χ4v) is 2.70. The molecule has 0 fully saturated rings. The van der Waals surface area contributed by atoms with Crippen LogP contribution in [0.25, 0.3) is 5.65 Å². The number of benzene rings is 1. The van der Waals surface area contributed by atoms with Gasteiger partial charge in [0.25, 0.3) is 5.91 Å². The number of aromatic nitrogens is 2. The summed E-state index contributed by atoms with van der Waals surface area (Å²) in [5.41, 5.74) is 4.08. The van der Waals surface area contributed by atoms with E-state index >= 15 is 0 Å². The van der Waals surface area contributed by atoms with Crippen LogP contribution in [0.4, 0.5) is 5.69 Å². The highest BCUT2D eigenvalue weighted by molar-refractivity contribution is 9.10. The van der Waals surface area contributed by atoms with Gasteiger partial charge in [-0.1, -0.05) is 12.1 Å². The predicted molar refractivity (Wildman–Crippen MR) is 86.8 cm³/mol. The van der Waals surface area contributed by atoms with E-state index in [9.17, 15) is 4.79 Å². The highest BCUT2D eigenvalue weighted by Gasteiger charge is 2.13. The van der Waals surface area contributed by atoms with Crippen molar-refractivity contribution in [2.75, 3.05) is 5.32 Å². The zero-order valence-electron chi connectivity index (χ0n) is 11.7. The molecule has 0 spiro atoms. The summed E-state index contributed by atoms with van der Waals surface area (Å²) in [5.74, 6) is -0.158. The third-order valence-corrected chi connectivity index (χ3v) is 4.18. The lowest BCUT2D eigenvalue weighted by Gasteiger charge is -2.08. The van der Waals surface area contributed by atoms with E-state index in [1.54, 1.807) is 6.07 Å². The van der Waals surface area contributed by atoms with Crippen LogP contribution in [0.5, 0.6) is 0 Å². The van der Waals surface area contributed by atoms with Crippen LogP contribution in [0.1, 0.15) is 21.7 Å². The Morgan fingerprint density at radius 3 is 2.71 bits per heavy atom. The van der Waals surface area contributed by atoms with Gasteiger partial charge < -0.3 is 9.72 Å². The van der Waals surface area contributed by atoms with E-state index in [0.717, 1.165) is 21.5 Å². The van der Waals surface area contributed by atoms with Crippen molar-refractivity contribution in [3.05, 3.63) is 64.0 Å². The van der Waals surface area contributed by atoms with Crippen molar-refractivity contribution < 1.29 is 4.79 Å². The van der Waals surface area contributed by atoms with Gasteiger partial charge in [-0.2, -0.15) is 0 Å². The summed E-state index contributed by atoms with van der Waals surface area (Å²) >= 11 is 3.39. The number of hydrogen-bond donors (Lipinski definition) is 1. The molecular formula is C16H14BrN3O. The Labute approximate surface area is 131 Å². The topological polar surface area (TPSA) is 46.4 Å². The first kappa shape index (κ1) is 13.8. The Morgan fingerprint density at radius 2 is 1.95 bits per heavy atom. The molecule has 0 aliphatic carbocycles. The van der Waals surface area contributed by atoms with E-state index in [4.69, 9.17) is 0 Å². The molecule has 3 aromatic rings. The number of anilines is 1. The van der Waals surface area contributed by atoms with Crippen molar-refractivity contribution in [3.63, 3.8) is 0 Å². The maximum absolute atomic E-state index is 12.4. The molecule has 2 aromatic heterocycles. The highest BCUT2D eigenvalue weighted by Crippen LogP contribution is 2.22. The minimum absolute atomic E-state index is 0.158. The molecule has 2 heterocycles. The molecule has 0 saturated heterocycles. The van der Waals surface area contributed by atoms with Gasteiger partial charge in [0.1, 0.15) is 0 Å². The molecule has 1 aromatic carbocycles. The van der Waals surface area contributed by atoms with Crippen LogP contribution in [0.3, 0.4) is 0 Å². The van der Waals surface area contributed by atoms with Crippen molar-refractivity contribution in [2.45, 2.75) is 13.8 Å². The summed E-state index contributed by atoms with van der Waals surface area (Å²) in [6.07, 6.45) is 1.94. The number of rotatable bonds is 2. The second kappa shape index (κ2) is 5.33. The summed E-state index contributed by atoms with van der Waals surface area (Å²) in [5, 5.41) is 2.93. The largest absolute Gasteiger partial charge is 0.319 e. The Balaban J connectivity index is 2.01. The molecule has 5 heteroatoms. The number of carbonyl (C=O) groups excluding carboxylic acids is 1. The smallest absolute Gasteiger partial charge is 0.256 e. The predicted octanol–water partition coefficient (Wildman–Crippen LogP) is 3.97. The average Bonchev–Trinajstić information content (AvgIpc) is 2.76. The first-order chi connectivity index (χ1) is 10.1. The summed E-state index contributed by atoms with van der Waals surface area (Å²) in [6.45, 7) is 3.97. The lowest BCUT2D eigenvalue weighted by molar-refractivity contribution is 0.102. The van der Waals surface area contributed by atoms with Gasteiger partial charge in [0.15, 0.2) is 5.65 Å². The molecule has 0 atom stereocenters. The molecular weight excluding hydrogens is 330 g/mol. The summed E-state index contributed by atoms with van der Waals surface area (Å²) < 4.78 is 2.75. The SMILES string of the molecule is Cc1nc2c(NC(=O)c3ccccc3Br)cccn2c1C. The molecule has 0 unspecified atom stereocenters. The molecule has 0 aliphatic heterocycles. The van der Waals surface area contributed by atoms with E-state index in [2.05, 4.69) is 26.2 Å². The number of pyridine rings is 1. The molecule has 21 heavy (non-hydrogen) atoms. The quantitative estimate of drug-likeness (QED) is 0.765. The number of halogens is 1. The molecule has 1 amide bonds. The second-order valence-corrected chi connectivity index (χ2v) is 5.69. The molecule has 3 rings (SSSR count). The third kappa shape index (κ3) is 2.45. The van der Waals surface area contributed by atoms with Gasteiger partial charge in [0.2, 0.25) is 0 Å². The number of nitrogens with zero attached hydrogens (tertiary/aromatic N) is 2. The number of nitrogens with one attached hydrogen (secondary N) is 1. The van der Waals surface area contributed by atoms with Crippen molar-refractivity contribution in [3.8, 4) is 0 Å². The van der Waals surface area contributed by atoms with Crippen LogP contribution in [-0.4, -0.2) is 15.3 Å². The Hall–Kier alpha value is -2.14. The van der Waals surface area contributed by atoms with Gasteiger partial charge >= 0.3 is 0 Å². The summed E-state index contributed by atoms with van der Waals surface area (Å²) in [4.78, 5) is 16.9. The standard InChI is InChI=1S/C16H14BrN3O/c1-10-11(2)20-9-5-8-14(15(20)18-10)19-16(21)12-6-3-4-7-13(12)17/h3-9H,1-2H3,(H,19,21). The fraction of sp³-hybridized carbons (Fsp3) is 0.125. The van der Waals surface area contributed by atoms with Crippen LogP contribution in [-0.2, 0) is 0 Å². The Bertz CT molecular complexity index is 839. The lowest BCUT2D eigenvalue weighted by Crippen LogP contribution is -2.13. The number of carbonyl (C=O) groups is 1. The van der Waals surface area contributed by atoms with Gasteiger partial charge in [0, 0.05) is 16.4 Å². The molecule has 0 aliphatic rings. The molecule has 0 bridgehead atoms. The fourth-order valence-electron chi connectivity index (χ4n) is 2.23. The molecule has 4 nitrogen and oxygen atoms in total. The van der Waals surface area contributed by atoms with E-state index in [1.165, 1.54) is 0 Å². The Morgan fingerprint density at radius 1 is 1.19 bits per heavy atom. The van der Waals surface area contributed by atoms with Gasteiger partial charge in [-0.05, 0) is 54.0 Å². The minimum atomic E-state index is -0.158. The van der Waals surface area contributed by atoms with Gasteiger partial charge in [-0.15, -0.1) is 0 Å². The minimum Gasteiger partial charge on any atom is -0.319 e. The number of fused-ring (bicyclic) bond motifs is 1. The first-order valence-corrected chi connectivity index (χ1v) is 7.37. The zero-order valence-corrected chi connectivity index (χ0v) is 13.3. The maximum Gasteiger partial charge on any atom is 0.256 e. The van der Waals surface area contributed by atoms with Crippen LogP contribution >= 0.6 is 15.9 Å². The Kier molecular flexibility index (Phi) is 3.51.